The number of H-pyrrole nitrogens is 1. The number of carboxylic acids is 1. The van der Waals surface area contributed by atoms with Gasteiger partial charge in [-0.2, -0.15) is 0 Å². The fourth-order valence-electron chi connectivity index (χ4n) is 2.33. The smallest absolute Gasteiger partial charge is 0.439 e. The van der Waals surface area contributed by atoms with Gasteiger partial charge in [-0.1, -0.05) is 5.16 Å². The fraction of sp³-hybridized carbons (Fsp3) is 0.267. The minimum atomic E-state index is -1.19. The van der Waals surface area contributed by atoms with Crippen molar-refractivity contribution in [1.82, 2.24) is 15.5 Å². The lowest BCUT2D eigenvalue weighted by molar-refractivity contribution is -0.142. The van der Waals surface area contributed by atoms with Crippen molar-refractivity contribution in [1.29, 1.82) is 0 Å². The molecule has 2 aromatic rings. The normalized spacial score (nSPS) is 17.7. The maximum absolute atomic E-state index is 12.0. The van der Waals surface area contributed by atoms with E-state index >= 15 is 0 Å². The number of nitrogens with zero attached hydrogens (tertiary/aromatic N) is 2. The molecule has 3 rings (SSSR count). The van der Waals surface area contributed by atoms with Gasteiger partial charge < -0.3 is 15.2 Å². The summed E-state index contributed by atoms with van der Waals surface area (Å²) in [6.07, 6.45) is -1.84. The first-order valence-electron chi connectivity index (χ1n) is 7.53. The molecule has 2 heterocycles. The van der Waals surface area contributed by atoms with E-state index < -0.39 is 35.9 Å². The zero-order chi connectivity index (χ0) is 18.8. The van der Waals surface area contributed by atoms with E-state index in [0.717, 1.165) is 0 Å². The Bertz CT molecular complexity index is 901. The van der Waals surface area contributed by atoms with Crippen LogP contribution in [-0.4, -0.2) is 51.9 Å². The molecule has 0 spiro atoms. The zero-order valence-corrected chi connectivity index (χ0v) is 13.5. The van der Waals surface area contributed by atoms with Gasteiger partial charge in [0.05, 0.1) is 6.54 Å². The van der Waals surface area contributed by atoms with Crippen molar-refractivity contribution in [2.45, 2.75) is 19.1 Å². The molecule has 2 unspecified atom stereocenters. The number of aliphatic carboxylic acids is 1. The summed E-state index contributed by atoms with van der Waals surface area (Å²) in [7, 11) is 0. The number of aromatic amines is 1. The van der Waals surface area contributed by atoms with Crippen molar-refractivity contribution < 1.29 is 28.8 Å². The minimum Gasteiger partial charge on any atom is -0.480 e. The Balaban J connectivity index is 1.70. The number of aromatic nitrogens is 2. The average molecular weight is 362 g/mol. The van der Waals surface area contributed by atoms with Gasteiger partial charge in [0.25, 0.3) is 5.91 Å². The van der Waals surface area contributed by atoms with Gasteiger partial charge in [0.15, 0.2) is 11.9 Å². The second kappa shape index (κ2) is 6.70. The van der Waals surface area contributed by atoms with Crippen LogP contribution in [0.2, 0.25) is 0 Å². The predicted molar refractivity (Wildman–Crippen MR) is 85.4 cm³/mol. The Kier molecular flexibility index (Phi) is 4.43. The molecular formula is C15H14N4O7. The maximum atomic E-state index is 12.0. The third-order valence-electron chi connectivity index (χ3n) is 3.73. The number of ether oxygens (including phenoxy) is 1. The Labute approximate surface area is 145 Å². The van der Waals surface area contributed by atoms with E-state index in [4.69, 9.17) is 9.84 Å². The van der Waals surface area contributed by atoms with Crippen LogP contribution < -0.4 is 16.0 Å². The summed E-state index contributed by atoms with van der Waals surface area (Å²) in [5.41, 5.74) is 1.03. The molecular weight excluding hydrogens is 348 g/mol. The van der Waals surface area contributed by atoms with Crippen LogP contribution in [0.5, 0.6) is 0 Å². The number of rotatable bonds is 5. The van der Waals surface area contributed by atoms with Crippen molar-refractivity contribution >= 4 is 23.7 Å². The van der Waals surface area contributed by atoms with E-state index in [1.54, 1.807) is 24.3 Å². The lowest BCUT2D eigenvalue weighted by Crippen LogP contribution is -2.45. The van der Waals surface area contributed by atoms with E-state index in [1.807, 2.05) is 0 Å². The van der Waals surface area contributed by atoms with Crippen LogP contribution in [0.3, 0.4) is 0 Å². The number of carbonyl (C=O) groups is 3. The average Bonchev–Trinajstić information content (AvgIpc) is 3.21. The SMILES string of the molecule is CC(NC(=O)C1CN(c2ccc(-c3noc(=O)[nH]3)cc2)C(=O)O1)C(=O)O. The summed E-state index contributed by atoms with van der Waals surface area (Å²) in [5, 5.41) is 14.6. The molecule has 1 aromatic heterocycles. The number of carboxylic acid groups (broad SMARTS) is 1. The van der Waals surface area contributed by atoms with Crippen LogP contribution in [0.1, 0.15) is 6.92 Å². The zero-order valence-electron chi connectivity index (χ0n) is 13.5. The first-order valence-corrected chi connectivity index (χ1v) is 7.53. The highest BCUT2D eigenvalue weighted by molar-refractivity contribution is 5.96. The number of nitrogens with one attached hydrogen (secondary N) is 2. The first-order chi connectivity index (χ1) is 12.3. The van der Waals surface area contributed by atoms with Crippen molar-refractivity contribution in [2.75, 3.05) is 11.4 Å². The Hall–Kier alpha value is -3.63. The summed E-state index contributed by atoms with van der Waals surface area (Å²) in [6, 6.07) is 5.29. The van der Waals surface area contributed by atoms with Gasteiger partial charge >= 0.3 is 17.8 Å². The molecule has 1 aromatic carbocycles. The third-order valence-corrected chi connectivity index (χ3v) is 3.73. The lowest BCUT2D eigenvalue weighted by atomic mass is 10.2. The van der Waals surface area contributed by atoms with E-state index in [9.17, 15) is 19.2 Å². The van der Waals surface area contributed by atoms with Gasteiger partial charge in [0.2, 0.25) is 0 Å². The number of cyclic esters (lactones) is 1. The van der Waals surface area contributed by atoms with Gasteiger partial charge in [0, 0.05) is 11.3 Å². The molecule has 1 aliphatic heterocycles. The number of anilines is 1. The molecule has 1 fully saturated rings. The number of carbonyl (C=O) groups excluding carboxylic acids is 2. The number of hydrogen-bond donors (Lipinski definition) is 3. The van der Waals surface area contributed by atoms with Crippen LogP contribution in [0.15, 0.2) is 33.6 Å². The molecule has 11 nitrogen and oxygen atoms in total. The molecule has 1 aliphatic rings. The van der Waals surface area contributed by atoms with Crippen LogP contribution in [-0.2, 0) is 14.3 Å². The molecule has 1 saturated heterocycles. The fourth-order valence-corrected chi connectivity index (χ4v) is 2.33. The summed E-state index contributed by atoms with van der Waals surface area (Å²) in [4.78, 5) is 49.4. The van der Waals surface area contributed by atoms with Crippen LogP contribution >= 0.6 is 0 Å². The Morgan fingerprint density at radius 1 is 1.35 bits per heavy atom. The minimum absolute atomic E-state index is 0.0584. The second-order valence-corrected chi connectivity index (χ2v) is 5.54. The standard InChI is InChI=1S/C15H14N4O7/c1-7(13(21)22)16-12(20)10-6-19(15(24)25-10)9-4-2-8(3-5-9)11-17-14(23)26-18-11/h2-5,7,10H,6H2,1H3,(H,16,20)(H,21,22)(H,17,18,23). The van der Waals surface area contributed by atoms with Gasteiger partial charge in [-0.25, -0.2) is 9.59 Å². The molecule has 0 aliphatic carbocycles. The number of benzene rings is 1. The second-order valence-electron chi connectivity index (χ2n) is 5.54. The van der Waals surface area contributed by atoms with E-state index in [-0.39, 0.29) is 12.4 Å². The van der Waals surface area contributed by atoms with Gasteiger partial charge in [-0.15, -0.1) is 0 Å². The van der Waals surface area contributed by atoms with Crippen molar-refractivity contribution in [2.24, 2.45) is 0 Å². The molecule has 0 radical (unpaired) electrons. The van der Waals surface area contributed by atoms with Crippen molar-refractivity contribution in [3.05, 3.63) is 34.8 Å². The third kappa shape index (κ3) is 3.41. The quantitative estimate of drug-likeness (QED) is 0.668. The Morgan fingerprint density at radius 2 is 2.04 bits per heavy atom. The van der Waals surface area contributed by atoms with Crippen LogP contribution in [0, 0.1) is 0 Å². The number of hydrogen-bond acceptors (Lipinski definition) is 7. The number of amides is 2. The topological polar surface area (TPSA) is 155 Å². The van der Waals surface area contributed by atoms with Gasteiger partial charge in [-0.05, 0) is 31.2 Å². The summed E-state index contributed by atoms with van der Waals surface area (Å²) >= 11 is 0. The molecule has 2 atom stereocenters. The molecule has 3 N–H and O–H groups in total. The van der Waals surface area contributed by atoms with Crippen LogP contribution in [0.25, 0.3) is 11.4 Å². The summed E-state index contributed by atoms with van der Waals surface area (Å²) in [6.45, 7) is 1.25. The van der Waals surface area contributed by atoms with Crippen molar-refractivity contribution in [3.8, 4) is 11.4 Å². The molecule has 136 valence electrons. The largest absolute Gasteiger partial charge is 0.480 e. The monoisotopic (exact) mass is 362 g/mol. The highest BCUT2D eigenvalue weighted by Gasteiger charge is 2.37. The van der Waals surface area contributed by atoms with E-state index in [1.165, 1.54) is 11.8 Å². The van der Waals surface area contributed by atoms with E-state index in [2.05, 4.69) is 20.0 Å². The van der Waals surface area contributed by atoms with Gasteiger partial charge in [-0.3, -0.25) is 24.0 Å². The molecule has 26 heavy (non-hydrogen) atoms. The maximum Gasteiger partial charge on any atom is 0.439 e. The molecule has 11 heteroatoms. The lowest BCUT2D eigenvalue weighted by Gasteiger charge is -2.14. The van der Waals surface area contributed by atoms with Crippen molar-refractivity contribution in [3.63, 3.8) is 0 Å². The Morgan fingerprint density at radius 3 is 2.62 bits per heavy atom. The molecule has 2 amide bonds. The van der Waals surface area contributed by atoms with Crippen LogP contribution in [0.4, 0.5) is 10.5 Å². The van der Waals surface area contributed by atoms with Gasteiger partial charge in [0.1, 0.15) is 6.04 Å². The highest BCUT2D eigenvalue weighted by atomic mass is 16.6. The molecule has 0 bridgehead atoms. The van der Waals surface area contributed by atoms with E-state index in [0.29, 0.717) is 11.3 Å². The first kappa shape index (κ1) is 17.2. The summed E-state index contributed by atoms with van der Waals surface area (Å²) in [5.74, 6) is -2.32. The molecule has 0 saturated carbocycles. The predicted octanol–water partition coefficient (Wildman–Crippen LogP) is -0.0556. The highest BCUT2D eigenvalue weighted by Crippen LogP contribution is 2.24. The summed E-state index contributed by atoms with van der Waals surface area (Å²) < 4.78 is 9.42.